The van der Waals surface area contributed by atoms with Crippen LogP contribution in [-0.4, -0.2) is 24.3 Å². The van der Waals surface area contributed by atoms with Gasteiger partial charge in [0.1, 0.15) is 0 Å². The first kappa shape index (κ1) is 17.8. The Bertz CT molecular complexity index is 512. The molecule has 0 fully saturated rings. The average Bonchev–Trinajstić information content (AvgIpc) is 2.50. The first-order chi connectivity index (χ1) is 10.1. The van der Waals surface area contributed by atoms with E-state index in [9.17, 15) is 0 Å². The average molecular weight is 301 g/mol. The van der Waals surface area contributed by atoms with Crippen molar-refractivity contribution in [1.82, 2.24) is 0 Å². The van der Waals surface area contributed by atoms with Crippen molar-refractivity contribution in [3.63, 3.8) is 0 Å². The summed E-state index contributed by atoms with van der Waals surface area (Å²) in [4.78, 5) is 4.48. The summed E-state index contributed by atoms with van der Waals surface area (Å²) >= 11 is 1.87. The van der Waals surface area contributed by atoms with E-state index in [1.54, 1.807) is 0 Å². The summed E-state index contributed by atoms with van der Waals surface area (Å²) in [5.74, 6) is 0.560. The minimum absolute atomic E-state index is 0.399. The van der Waals surface area contributed by atoms with Gasteiger partial charge in [-0.2, -0.15) is 11.8 Å². The molecular formula is C19H27NS. The van der Waals surface area contributed by atoms with Crippen LogP contribution in [0.15, 0.2) is 53.6 Å². The predicted octanol–water partition coefficient (Wildman–Crippen LogP) is 5.29. The molecule has 0 amide bonds. The van der Waals surface area contributed by atoms with Gasteiger partial charge in [-0.3, -0.25) is 4.99 Å². The molecule has 1 nitrogen and oxygen atoms in total. The van der Waals surface area contributed by atoms with Gasteiger partial charge in [0, 0.05) is 12.8 Å². The molecule has 0 bridgehead atoms. The monoisotopic (exact) mass is 301 g/mol. The number of aliphatic imine (C=N–C) groups is 1. The smallest absolute Gasteiger partial charge is 0.0503 e. The van der Waals surface area contributed by atoms with Crippen molar-refractivity contribution in [2.75, 3.05) is 13.3 Å². The number of hydrogen-bond acceptors (Lipinski definition) is 2. The van der Waals surface area contributed by atoms with Crippen LogP contribution in [-0.2, 0) is 6.42 Å². The van der Waals surface area contributed by atoms with Crippen LogP contribution in [0, 0.1) is 0 Å². The van der Waals surface area contributed by atoms with Gasteiger partial charge in [0.05, 0.1) is 5.25 Å². The Morgan fingerprint density at radius 3 is 2.52 bits per heavy atom. The summed E-state index contributed by atoms with van der Waals surface area (Å²) < 4.78 is 0. The van der Waals surface area contributed by atoms with E-state index < -0.39 is 0 Å². The molecule has 1 rings (SSSR count). The second-order valence-electron chi connectivity index (χ2n) is 5.32. The van der Waals surface area contributed by atoms with E-state index in [2.05, 4.69) is 61.5 Å². The maximum absolute atomic E-state index is 4.48. The molecule has 0 heterocycles. The molecule has 0 aromatic heterocycles. The maximum atomic E-state index is 4.48. The van der Waals surface area contributed by atoms with Crippen molar-refractivity contribution >= 4 is 17.5 Å². The number of benzene rings is 1. The van der Waals surface area contributed by atoms with Crippen LogP contribution in [0.4, 0.5) is 0 Å². The fraction of sp³-hybridized carbons (Fsp3) is 0.421. The lowest BCUT2D eigenvalue weighted by atomic mass is 9.93. The third-order valence-corrected chi connectivity index (χ3v) is 4.50. The summed E-state index contributed by atoms with van der Waals surface area (Å²) in [6, 6.07) is 8.77. The van der Waals surface area contributed by atoms with E-state index in [1.807, 2.05) is 37.9 Å². The Morgan fingerprint density at radius 1 is 1.24 bits per heavy atom. The van der Waals surface area contributed by atoms with E-state index in [1.165, 1.54) is 11.1 Å². The lowest BCUT2D eigenvalue weighted by molar-refractivity contribution is 0.840. The van der Waals surface area contributed by atoms with Crippen LogP contribution < -0.4 is 0 Å². The summed E-state index contributed by atoms with van der Waals surface area (Å²) in [5.41, 5.74) is 4.04. The quantitative estimate of drug-likeness (QED) is 0.492. The van der Waals surface area contributed by atoms with Crippen LogP contribution in [0.3, 0.4) is 0 Å². The number of allylic oxidation sites excluding steroid dienone is 4. The third-order valence-electron chi connectivity index (χ3n) is 3.53. The lowest BCUT2D eigenvalue weighted by Crippen LogP contribution is -2.19. The largest absolute Gasteiger partial charge is 0.292 e. The highest BCUT2D eigenvalue weighted by Crippen LogP contribution is 2.24. The zero-order chi connectivity index (χ0) is 15.7. The summed E-state index contributed by atoms with van der Waals surface area (Å²) in [6.45, 7) is 6.54. The van der Waals surface area contributed by atoms with Crippen LogP contribution in [0.1, 0.15) is 37.8 Å². The van der Waals surface area contributed by atoms with Crippen LogP contribution in [0.2, 0.25) is 0 Å². The van der Waals surface area contributed by atoms with Gasteiger partial charge in [-0.25, -0.2) is 0 Å². The highest BCUT2D eigenvalue weighted by atomic mass is 32.2. The van der Waals surface area contributed by atoms with Gasteiger partial charge in [-0.1, -0.05) is 56.3 Å². The van der Waals surface area contributed by atoms with Crippen molar-refractivity contribution in [1.29, 1.82) is 0 Å². The normalized spacial score (nSPS) is 14.5. The first-order valence-corrected chi connectivity index (χ1v) is 8.79. The molecule has 0 aliphatic rings. The Balaban J connectivity index is 2.96. The molecule has 0 saturated carbocycles. The molecule has 1 aromatic rings. The minimum Gasteiger partial charge on any atom is -0.292 e. The number of hydrogen-bond donors (Lipinski definition) is 0. The topological polar surface area (TPSA) is 12.4 Å². The molecule has 0 aliphatic carbocycles. The highest BCUT2D eigenvalue weighted by Gasteiger charge is 2.15. The van der Waals surface area contributed by atoms with E-state index in [0.717, 1.165) is 12.1 Å². The third kappa shape index (κ3) is 5.55. The van der Waals surface area contributed by atoms with Crippen LogP contribution in [0.25, 0.3) is 0 Å². The molecule has 114 valence electrons. The molecule has 1 atom stereocenters. The van der Waals surface area contributed by atoms with Crippen molar-refractivity contribution in [2.45, 2.75) is 38.4 Å². The van der Waals surface area contributed by atoms with Crippen molar-refractivity contribution in [3.8, 4) is 0 Å². The number of rotatable bonds is 7. The zero-order valence-corrected chi connectivity index (χ0v) is 14.7. The van der Waals surface area contributed by atoms with E-state index in [0.29, 0.717) is 11.2 Å². The summed E-state index contributed by atoms with van der Waals surface area (Å²) in [6.07, 6.45) is 11.5. The van der Waals surface area contributed by atoms with Crippen molar-refractivity contribution in [3.05, 3.63) is 59.7 Å². The predicted molar refractivity (Wildman–Crippen MR) is 98.9 cm³/mol. The van der Waals surface area contributed by atoms with Crippen molar-refractivity contribution in [2.24, 2.45) is 4.99 Å². The molecule has 0 radical (unpaired) electrons. The fourth-order valence-electron chi connectivity index (χ4n) is 2.38. The summed E-state index contributed by atoms with van der Waals surface area (Å²) in [5, 5.41) is 0.399. The van der Waals surface area contributed by atoms with E-state index in [4.69, 9.17) is 0 Å². The van der Waals surface area contributed by atoms with Crippen LogP contribution >= 0.6 is 11.8 Å². The molecule has 1 aromatic carbocycles. The fourth-order valence-corrected chi connectivity index (χ4v) is 3.15. The number of thioether (sulfide) groups is 1. The molecule has 21 heavy (non-hydrogen) atoms. The highest BCUT2D eigenvalue weighted by molar-refractivity contribution is 8.00. The Kier molecular flexibility index (Phi) is 8.14. The minimum atomic E-state index is 0.399. The molecule has 1 unspecified atom stereocenters. The Labute approximate surface area is 134 Å². The Hall–Kier alpha value is -1.28. The lowest BCUT2D eigenvalue weighted by Gasteiger charge is -2.18. The van der Waals surface area contributed by atoms with Crippen LogP contribution in [0.5, 0.6) is 0 Å². The van der Waals surface area contributed by atoms with Gasteiger partial charge in [-0.15, -0.1) is 0 Å². The van der Waals surface area contributed by atoms with Crippen molar-refractivity contribution < 1.29 is 0 Å². The summed E-state index contributed by atoms with van der Waals surface area (Å²) in [7, 11) is 1.88. The maximum Gasteiger partial charge on any atom is 0.0503 e. The van der Waals surface area contributed by atoms with Gasteiger partial charge in [0.2, 0.25) is 0 Å². The molecule has 0 spiro atoms. The van der Waals surface area contributed by atoms with Gasteiger partial charge in [-0.05, 0) is 42.7 Å². The molecule has 0 saturated heterocycles. The number of nitrogens with zero attached hydrogens (tertiary/aromatic N) is 1. The van der Waals surface area contributed by atoms with Gasteiger partial charge in [0.25, 0.3) is 0 Å². The molecule has 2 heteroatoms. The molecule has 0 aliphatic heterocycles. The SMILES string of the molecule is C/C=C\C=C/C(=NC)C(Cc1ccccc1C(C)C)SC. The second kappa shape index (κ2) is 9.62. The molecular weight excluding hydrogens is 274 g/mol. The van der Waals surface area contributed by atoms with E-state index >= 15 is 0 Å². The molecule has 0 N–H and O–H groups in total. The van der Waals surface area contributed by atoms with E-state index in [-0.39, 0.29) is 0 Å². The standard InChI is InChI=1S/C19H27NS/c1-6-7-8-13-18(20-4)19(21-5)14-16-11-9-10-12-17(16)15(2)3/h6-13,15,19H,14H2,1-5H3/b7-6-,13-8-,20-18?. The zero-order valence-electron chi connectivity index (χ0n) is 13.8. The first-order valence-electron chi connectivity index (χ1n) is 7.50. The van der Waals surface area contributed by atoms with Gasteiger partial charge < -0.3 is 0 Å². The van der Waals surface area contributed by atoms with Gasteiger partial charge >= 0.3 is 0 Å². The second-order valence-corrected chi connectivity index (χ2v) is 6.36. The Morgan fingerprint density at radius 2 is 1.95 bits per heavy atom. The van der Waals surface area contributed by atoms with Gasteiger partial charge in [0.15, 0.2) is 0 Å².